The van der Waals surface area contributed by atoms with Crippen LogP contribution in [0.25, 0.3) is 11.0 Å². The fourth-order valence-corrected chi connectivity index (χ4v) is 4.65. The van der Waals surface area contributed by atoms with E-state index in [1.54, 1.807) is 11.2 Å². The van der Waals surface area contributed by atoms with Crippen LogP contribution in [-0.4, -0.2) is 17.8 Å². The summed E-state index contributed by atoms with van der Waals surface area (Å²) >= 11 is 0. The van der Waals surface area contributed by atoms with Crippen LogP contribution in [0.4, 0.5) is 10.3 Å². The second kappa shape index (κ2) is 4.69. The molecule has 6 heteroatoms. The van der Waals surface area contributed by atoms with Gasteiger partial charge in [0.1, 0.15) is 0 Å². The number of para-hydroxylation sites is 1. The second-order valence-electron chi connectivity index (χ2n) is 7.04. The van der Waals surface area contributed by atoms with Gasteiger partial charge in [0.25, 0.3) is 0 Å². The zero-order chi connectivity index (χ0) is 15.6. The number of halogens is 1. The van der Waals surface area contributed by atoms with Gasteiger partial charge in [-0.25, -0.2) is 4.39 Å². The molecule has 0 radical (unpaired) electrons. The van der Waals surface area contributed by atoms with Crippen molar-refractivity contribution in [3.63, 3.8) is 0 Å². The highest BCUT2D eigenvalue weighted by Gasteiger charge is 2.57. The molecule has 6 rings (SSSR count). The first-order valence-electron chi connectivity index (χ1n) is 8.33. The van der Waals surface area contributed by atoms with Gasteiger partial charge in [0.05, 0.1) is 0 Å². The summed E-state index contributed by atoms with van der Waals surface area (Å²) < 4.78 is 19.6. The van der Waals surface area contributed by atoms with Crippen LogP contribution in [0.2, 0.25) is 0 Å². The number of furan rings is 1. The molecule has 1 aliphatic heterocycles. The van der Waals surface area contributed by atoms with E-state index in [-0.39, 0.29) is 17.1 Å². The summed E-state index contributed by atoms with van der Waals surface area (Å²) in [5.41, 5.74) is 2.97. The molecule has 1 N–H and O–H groups in total. The number of rotatable bonds is 1. The Labute approximate surface area is 133 Å². The lowest BCUT2D eigenvalue weighted by molar-refractivity contribution is -0.193. The lowest BCUT2D eigenvalue weighted by Gasteiger charge is -2.50. The summed E-state index contributed by atoms with van der Waals surface area (Å²) in [6.45, 7) is 0. The Bertz CT molecular complexity index is 755. The average Bonchev–Trinajstić information content (AvgIpc) is 3.13. The van der Waals surface area contributed by atoms with E-state index < -0.39 is 0 Å². The lowest BCUT2D eigenvalue weighted by Crippen LogP contribution is -2.58. The third-order valence-electron chi connectivity index (χ3n) is 5.91. The predicted molar refractivity (Wildman–Crippen MR) is 83.4 cm³/mol. The van der Waals surface area contributed by atoms with E-state index in [1.807, 2.05) is 19.2 Å². The molecule has 0 unspecified atom stereocenters. The monoisotopic (exact) mass is 317 g/mol. The van der Waals surface area contributed by atoms with Crippen LogP contribution in [-0.2, 0) is 4.84 Å². The molecule has 1 aromatic carbocycles. The zero-order valence-corrected chi connectivity index (χ0v) is 13.1. The van der Waals surface area contributed by atoms with E-state index in [0.29, 0.717) is 11.8 Å². The lowest BCUT2D eigenvalue weighted by atomic mass is 9.65. The van der Waals surface area contributed by atoms with Crippen LogP contribution < -0.4 is 10.7 Å². The average molecular weight is 317 g/mol. The number of anilines is 1. The van der Waals surface area contributed by atoms with Crippen molar-refractivity contribution in [1.29, 1.82) is 0 Å². The Morgan fingerprint density at radius 3 is 2.78 bits per heavy atom. The number of fused-ring (bicyclic) bond motifs is 3. The fourth-order valence-electron chi connectivity index (χ4n) is 4.65. The van der Waals surface area contributed by atoms with Crippen LogP contribution >= 0.6 is 0 Å². The number of nitrogens with zero attached hydrogens (tertiary/aromatic N) is 2. The smallest absolute Gasteiger partial charge is 0.228 e. The highest BCUT2D eigenvalue weighted by atomic mass is 19.1. The fraction of sp³-hybridized carbons (Fsp3) is 0.529. The minimum Gasteiger partial charge on any atom is -0.435 e. The van der Waals surface area contributed by atoms with E-state index >= 15 is 0 Å². The van der Waals surface area contributed by atoms with Gasteiger partial charge in [0, 0.05) is 24.4 Å². The number of nitrogens with one attached hydrogen (secondary N) is 1. The Morgan fingerprint density at radius 2 is 2.09 bits per heavy atom. The third-order valence-corrected chi connectivity index (χ3v) is 5.91. The highest BCUT2D eigenvalue weighted by molar-refractivity contribution is 5.81. The Morgan fingerprint density at radius 1 is 1.26 bits per heavy atom. The third kappa shape index (κ3) is 1.83. The maximum absolute atomic E-state index is 13.9. The van der Waals surface area contributed by atoms with Crippen molar-refractivity contribution >= 4 is 16.9 Å². The first-order valence-corrected chi connectivity index (χ1v) is 8.33. The SMILES string of the molecule is CN1N(c2cc3cccc(F)c3o2)NO[C@@]12CC1CCC2CC1. The van der Waals surface area contributed by atoms with E-state index in [9.17, 15) is 4.39 Å². The Balaban J connectivity index is 1.51. The maximum Gasteiger partial charge on any atom is 0.228 e. The van der Waals surface area contributed by atoms with Crippen molar-refractivity contribution in [3.05, 3.63) is 30.1 Å². The molecule has 4 fully saturated rings. The van der Waals surface area contributed by atoms with Gasteiger partial charge in [-0.15, -0.1) is 0 Å². The molecule has 1 spiro atoms. The molecule has 4 aliphatic rings. The molecule has 0 amide bonds. The van der Waals surface area contributed by atoms with Crippen LogP contribution in [0.3, 0.4) is 0 Å². The van der Waals surface area contributed by atoms with Crippen LogP contribution in [0.1, 0.15) is 32.1 Å². The van der Waals surface area contributed by atoms with Crippen molar-refractivity contribution in [3.8, 4) is 0 Å². The van der Waals surface area contributed by atoms with Gasteiger partial charge in [0.15, 0.2) is 17.1 Å². The van der Waals surface area contributed by atoms with Crippen molar-refractivity contribution in [2.45, 2.75) is 37.8 Å². The van der Waals surface area contributed by atoms with E-state index in [2.05, 4.69) is 10.6 Å². The quantitative estimate of drug-likeness (QED) is 0.870. The number of benzene rings is 1. The van der Waals surface area contributed by atoms with Crippen LogP contribution in [0.15, 0.2) is 28.7 Å². The summed E-state index contributed by atoms with van der Waals surface area (Å²) in [6, 6.07) is 6.79. The molecule has 23 heavy (non-hydrogen) atoms. The molecule has 3 saturated carbocycles. The minimum atomic E-state index is -0.344. The standard InChI is InChI=1S/C17H20FN3O2/c1-20-17(10-11-5-7-13(17)8-6-11)23-19-21(20)15-9-12-3-2-4-14(18)16(12)22-15/h2-4,9,11,13,19H,5-8,10H2,1H3/t11?,13?,17-/m1/s1. The topological polar surface area (TPSA) is 40.9 Å². The van der Waals surface area contributed by atoms with Gasteiger partial charge in [-0.05, 0) is 44.1 Å². The molecule has 2 heterocycles. The summed E-state index contributed by atoms with van der Waals surface area (Å²) in [5.74, 6) is 1.46. The van der Waals surface area contributed by atoms with Gasteiger partial charge < -0.3 is 4.42 Å². The van der Waals surface area contributed by atoms with Crippen LogP contribution in [0.5, 0.6) is 0 Å². The van der Waals surface area contributed by atoms with Crippen molar-refractivity contribution < 1.29 is 13.6 Å². The molecule has 1 saturated heterocycles. The zero-order valence-electron chi connectivity index (χ0n) is 13.1. The molecule has 5 nitrogen and oxygen atoms in total. The molecule has 2 bridgehead atoms. The summed E-state index contributed by atoms with van der Waals surface area (Å²) in [4.78, 5) is 6.07. The molecule has 1 aromatic heterocycles. The van der Waals surface area contributed by atoms with Gasteiger partial charge in [0.2, 0.25) is 5.88 Å². The summed E-state index contributed by atoms with van der Waals surface area (Å²) in [7, 11) is 2.02. The molecule has 2 aromatic rings. The van der Waals surface area contributed by atoms with Crippen molar-refractivity contribution in [1.82, 2.24) is 10.6 Å². The predicted octanol–water partition coefficient (Wildman–Crippen LogP) is 3.58. The Hall–Kier alpha value is -1.63. The molecule has 1 atom stereocenters. The maximum atomic E-state index is 13.9. The van der Waals surface area contributed by atoms with Gasteiger partial charge in [-0.3, -0.25) is 4.84 Å². The summed E-state index contributed by atoms with van der Waals surface area (Å²) in [6.07, 6.45) is 6.06. The number of hydrogen-bond acceptors (Lipinski definition) is 5. The highest BCUT2D eigenvalue weighted by Crippen LogP contribution is 2.52. The Kier molecular flexibility index (Phi) is 2.81. The summed E-state index contributed by atoms with van der Waals surface area (Å²) in [5, 5.41) is 4.61. The minimum absolute atomic E-state index is 0.281. The number of hydrogen-bond donors (Lipinski definition) is 1. The molecular weight excluding hydrogens is 297 g/mol. The first kappa shape index (κ1) is 13.8. The van der Waals surface area contributed by atoms with Gasteiger partial charge >= 0.3 is 0 Å². The normalized spacial score (nSPS) is 34.1. The van der Waals surface area contributed by atoms with Crippen LogP contribution in [0, 0.1) is 17.7 Å². The van der Waals surface area contributed by atoms with Gasteiger partial charge in [-0.1, -0.05) is 17.7 Å². The largest absolute Gasteiger partial charge is 0.435 e. The van der Waals surface area contributed by atoms with E-state index in [0.717, 1.165) is 17.7 Å². The second-order valence-corrected chi connectivity index (χ2v) is 7.04. The van der Waals surface area contributed by atoms with Crippen molar-refractivity contribution in [2.75, 3.05) is 12.2 Å². The van der Waals surface area contributed by atoms with Gasteiger partial charge in [-0.2, -0.15) is 10.1 Å². The molecular formula is C17H20FN3O2. The first-order chi connectivity index (χ1) is 11.2. The van der Waals surface area contributed by atoms with E-state index in [4.69, 9.17) is 9.25 Å². The van der Waals surface area contributed by atoms with Crippen molar-refractivity contribution in [2.24, 2.45) is 11.8 Å². The number of hydrazine groups is 2. The molecule has 122 valence electrons. The van der Waals surface area contributed by atoms with E-state index in [1.165, 1.54) is 31.7 Å². The molecule has 3 aliphatic carbocycles.